The van der Waals surface area contributed by atoms with Crippen LogP contribution in [0, 0.1) is 0 Å². The third-order valence-electron chi connectivity index (χ3n) is 4.09. The van der Waals surface area contributed by atoms with E-state index in [-0.39, 0.29) is 5.91 Å². The summed E-state index contributed by atoms with van der Waals surface area (Å²) in [5.74, 6) is 1.33. The molecule has 4 rings (SSSR count). The lowest BCUT2D eigenvalue weighted by Crippen LogP contribution is -2.05. The molecule has 0 fully saturated rings. The van der Waals surface area contributed by atoms with Crippen molar-refractivity contribution < 1.29 is 13.9 Å². The molecule has 1 aliphatic heterocycles. The van der Waals surface area contributed by atoms with Crippen molar-refractivity contribution in [3.8, 4) is 17.1 Å². The van der Waals surface area contributed by atoms with Gasteiger partial charge in [0, 0.05) is 23.0 Å². The molecule has 0 saturated heterocycles. The number of amides is 1. The van der Waals surface area contributed by atoms with Crippen LogP contribution < -0.4 is 15.4 Å². The average molecular weight is 332 g/mol. The quantitative estimate of drug-likeness (QED) is 0.697. The molecule has 0 unspecified atom stereocenters. The first-order valence-electron chi connectivity index (χ1n) is 7.85. The van der Waals surface area contributed by atoms with Gasteiger partial charge >= 0.3 is 0 Å². The topological polar surface area (TPSA) is 63.5 Å². The Balaban J connectivity index is 1.65. The van der Waals surface area contributed by atoms with Crippen LogP contribution in [0.5, 0.6) is 5.75 Å². The number of carbonyl (C=O) groups excluding carboxylic acids is 1. The van der Waals surface area contributed by atoms with E-state index in [2.05, 4.69) is 10.6 Å². The summed E-state index contributed by atoms with van der Waals surface area (Å²) in [6, 6.07) is 17.0. The molecule has 124 valence electrons. The zero-order valence-corrected chi connectivity index (χ0v) is 13.6. The van der Waals surface area contributed by atoms with E-state index in [1.54, 1.807) is 19.6 Å². The van der Waals surface area contributed by atoms with Crippen LogP contribution in [0.4, 0.5) is 11.4 Å². The van der Waals surface area contributed by atoms with Gasteiger partial charge in [-0.05, 0) is 30.3 Å². The molecule has 2 aromatic carbocycles. The second-order valence-corrected chi connectivity index (χ2v) is 5.59. The number of benzene rings is 2. The van der Waals surface area contributed by atoms with E-state index >= 15 is 0 Å². The number of ether oxygens (including phenoxy) is 1. The largest absolute Gasteiger partial charge is 0.495 e. The van der Waals surface area contributed by atoms with Crippen LogP contribution >= 0.6 is 0 Å². The summed E-state index contributed by atoms with van der Waals surface area (Å²) in [7, 11) is 1.61. The van der Waals surface area contributed by atoms with Crippen LogP contribution in [-0.2, 0) is 4.79 Å². The third-order valence-corrected chi connectivity index (χ3v) is 4.09. The average Bonchev–Trinajstić information content (AvgIpc) is 3.27. The Labute approximate surface area is 144 Å². The maximum atomic E-state index is 12.3. The van der Waals surface area contributed by atoms with Crippen molar-refractivity contribution in [3.63, 3.8) is 0 Å². The summed E-state index contributed by atoms with van der Waals surface area (Å²) in [6.07, 6.45) is 3.33. The van der Waals surface area contributed by atoms with Gasteiger partial charge in [0.15, 0.2) is 0 Å². The third kappa shape index (κ3) is 2.76. The van der Waals surface area contributed by atoms with Crippen molar-refractivity contribution in [1.29, 1.82) is 0 Å². The number of para-hydroxylation sites is 2. The molecule has 5 nitrogen and oxygen atoms in total. The SMILES string of the molecule is COc1ccccc1N/C=C1/C(=O)Nc2cc(-c3ccco3)ccc21. The molecule has 0 aliphatic carbocycles. The van der Waals surface area contributed by atoms with Crippen LogP contribution in [0.1, 0.15) is 5.56 Å². The fourth-order valence-corrected chi connectivity index (χ4v) is 2.85. The monoisotopic (exact) mass is 332 g/mol. The lowest BCUT2D eigenvalue weighted by atomic mass is 10.0. The molecule has 3 aromatic rings. The van der Waals surface area contributed by atoms with Crippen molar-refractivity contribution in [2.45, 2.75) is 0 Å². The highest BCUT2D eigenvalue weighted by atomic mass is 16.5. The molecular formula is C20H16N2O3. The van der Waals surface area contributed by atoms with Crippen LogP contribution in [0.2, 0.25) is 0 Å². The number of anilines is 2. The predicted molar refractivity (Wildman–Crippen MR) is 97.4 cm³/mol. The van der Waals surface area contributed by atoms with Crippen molar-refractivity contribution in [1.82, 2.24) is 0 Å². The summed E-state index contributed by atoms with van der Waals surface area (Å²) in [5.41, 5.74) is 3.91. The van der Waals surface area contributed by atoms with Crippen molar-refractivity contribution >= 4 is 22.9 Å². The van der Waals surface area contributed by atoms with Gasteiger partial charge in [-0.15, -0.1) is 0 Å². The number of hydrogen-bond donors (Lipinski definition) is 2. The van der Waals surface area contributed by atoms with E-state index in [4.69, 9.17) is 9.15 Å². The van der Waals surface area contributed by atoms with E-state index in [0.717, 1.165) is 28.3 Å². The summed E-state index contributed by atoms with van der Waals surface area (Å²) in [6.45, 7) is 0. The number of carbonyl (C=O) groups is 1. The molecule has 0 radical (unpaired) electrons. The number of methoxy groups -OCH3 is 1. The molecule has 1 aliphatic rings. The molecule has 1 amide bonds. The summed E-state index contributed by atoms with van der Waals surface area (Å²) in [4.78, 5) is 12.3. The van der Waals surface area contributed by atoms with Crippen molar-refractivity contribution in [2.24, 2.45) is 0 Å². The van der Waals surface area contributed by atoms with Gasteiger partial charge in [0.05, 0.1) is 24.6 Å². The lowest BCUT2D eigenvalue weighted by molar-refractivity contribution is -0.110. The zero-order valence-electron chi connectivity index (χ0n) is 13.6. The van der Waals surface area contributed by atoms with Crippen LogP contribution in [0.15, 0.2) is 71.5 Å². The lowest BCUT2D eigenvalue weighted by Gasteiger charge is -2.08. The number of fused-ring (bicyclic) bond motifs is 1. The minimum Gasteiger partial charge on any atom is -0.495 e. The second-order valence-electron chi connectivity index (χ2n) is 5.59. The normalized spacial score (nSPS) is 14.3. The second kappa shape index (κ2) is 6.20. The summed E-state index contributed by atoms with van der Waals surface area (Å²) < 4.78 is 10.7. The first-order valence-corrected chi connectivity index (χ1v) is 7.85. The molecule has 0 spiro atoms. The molecule has 0 saturated carbocycles. The Morgan fingerprint density at radius 2 is 2.00 bits per heavy atom. The van der Waals surface area contributed by atoms with Crippen LogP contribution in [-0.4, -0.2) is 13.0 Å². The highest BCUT2D eigenvalue weighted by Gasteiger charge is 2.24. The van der Waals surface area contributed by atoms with E-state index in [9.17, 15) is 4.79 Å². The summed E-state index contributed by atoms with van der Waals surface area (Å²) in [5, 5.41) is 6.05. The fourth-order valence-electron chi connectivity index (χ4n) is 2.85. The molecule has 2 N–H and O–H groups in total. The van der Waals surface area contributed by atoms with Gasteiger partial charge in [-0.1, -0.05) is 24.3 Å². The van der Waals surface area contributed by atoms with Gasteiger partial charge in [-0.3, -0.25) is 4.79 Å². The minimum absolute atomic E-state index is 0.144. The molecule has 25 heavy (non-hydrogen) atoms. The molecule has 5 heteroatoms. The molecule has 1 aromatic heterocycles. The van der Waals surface area contributed by atoms with E-state index in [1.165, 1.54) is 0 Å². The highest BCUT2D eigenvalue weighted by molar-refractivity contribution is 6.31. The number of nitrogens with one attached hydrogen (secondary N) is 2. The van der Waals surface area contributed by atoms with Crippen LogP contribution in [0.25, 0.3) is 16.9 Å². The molecular weight excluding hydrogens is 316 g/mol. The molecule has 0 bridgehead atoms. The Morgan fingerprint density at radius 1 is 1.12 bits per heavy atom. The van der Waals surface area contributed by atoms with Gasteiger partial charge in [-0.2, -0.15) is 0 Å². The number of rotatable bonds is 4. The van der Waals surface area contributed by atoms with E-state index < -0.39 is 0 Å². The summed E-state index contributed by atoms with van der Waals surface area (Å²) >= 11 is 0. The zero-order chi connectivity index (χ0) is 17.2. The van der Waals surface area contributed by atoms with E-state index in [0.29, 0.717) is 11.3 Å². The first kappa shape index (κ1) is 15.1. The standard InChI is InChI=1S/C20H16N2O3/c1-24-19-6-3-2-5-16(19)21-12-15-14-9-8-13(18-7-4-10-25-18)11-17(14)22-20(15)23/h2-12,21H,1H3,(H,22,23)/b15-12+. The Morgan fingerprint density at radius 3 is 2.80 bits per heavy atom. The van der Waals surface area contributed by atoms with Crippen LogP contribution in [0.3, 0.4) is 0 Å². The van der Waals surface area contributed by atoms with Gasteiger partial charge in [0.1, 0.15) is 11.5 Å². The van der Waals surface area contributed by atoms with Gasteiger partial charge in [0.25, 0.3) is 5.91 Å². The van der Waals surface area contributed by atoms with Gasteiger partial charge < -0.3 is 19.8 Å². The van der Waals surface area contributed by atoms with Crippen molar-refractivity contribution in [3.05, 3.63) is 72.6 Å². The predicted octanol–water partition coefficient (Wildman–Crippen LogP) is 4.36. The van der Waals surface area contributed by atoms with Crippen molar-refractivity contribution in [2.75, 3.05) is 17.7 Å². The maximum Gasteiger partial charge on any atom is 0.257 e. The maximum absolute atomic E-state index is 12.3. The van der Waals surface area contributed by atoms with Gasteiger partial charge in [0.2, 0.25) is 0 Å². The highest BCUT2D eigenvalue weighted by Crippen LogP contribution is 2.35. The molecule has 0 atom stereocenters. The smallest absolute Gasteiger partial charge is 0.257 e. The fraction of sp³-hybridized carbons (Fsp3) is 0.0500. The number of furan rings is 1. The van der Waals surface area contributed by atoms with Gasteiger partial charge in [-0.25, -0.2) is 0 Å². The Hall–Kier alpha value is -3.47. The number of hydrogen-bond acceptors (Lipinski definition) is 4. The Kier molecular flexibility index (Phi) is 3.74. The van der Waals surface area contributed by atoms with E-state index in [1.807, 2.05) is 54.6 Å². The minimum atomic E-state index is -0.144. The Bertz CT molecular complexity index is 959. The first-order chi connectivity index (χ1) is 12.3. The molecule has 2 heterocycles.